The lowest BCUT2D eigenvalue weighted by Gasteiger charge is -2.50. The van der Waals surface area contributed by atoms with E-state index in [2.05, 4.69) is 33.0 Å². The number of rotatable bonds is 9. The van der Waals surface area contributed by atoms with Gasteiger partial charge in [0, 0.05) is 84.0 Å². The number of aromatic nitrogens is 2. The van der Waals surface area contributed by atoms with Crippen LogP contribution in [0.25, 0.3) is 33.6 Å². The van der Waals surface area contributed by atoms with Crippen LogP contribution < -0.4 is 25.4 Å². The van der Waals surface area contributed by atoms with E-state index in [0.717, 1.165) is 96.4 Å². The first-order valence-electron chi connectivity index (χ1n) is 18.6. The van der Waals surface area contributed by atoms with Gasteiger partial charge in [0.05, 0.1) is 41.2 Å². The van der Waals surface area contributed by atoms with Gasteiger partial charge in [-0.1, -0.05) is 59.6 Å². The van der Waals surface area contributed by atoms with Crippen molar-refractivity contribution in [3.05, 3.63) is 80.8 Å². The third-order valence-corrected chi connectivity index (χ3v) is 12.7. The van der Waals surface area contributed by atoms with E-state index in [0.29, 0.717) is 41.2 Å². The summed E-state index contributed by atoms with van der Waals surface area (Å²) in [5.74, 6) is 1.48. The number of pyridine rings is 2. The van der Waals surface area contributed by atoms with Gasteiger partial charge in [-0.25, -0.2) is 9.97 Å². The number of benzene rings is 2. The zero-order valence-corrected chi connectivity index (χ0v) is 31.4. The van der Waals surface area contributed by atoms with E-state index >= 15 is 0 Å². The van der Waals surface area contributed by atoms with Crippen molar-refractivity contribution in [2.75, 3.05) is 33.9 Å². The van der Waals surface area contributed by atoms with Crippen molar-refractivity contribution in [2.45, 2.75) is 75.0 Å². The lowest BCUT2D eigenvalue weighted by Crippen LogP contribution is -2.67. The molecule has 12 heteroatoms. The molecule has 3 saturated heterocycles. The maximum Gasteiger partial charge on any atom is 0.220 e. The average molecular weight is 754 g/mol. The minimum atomic E-state index is -0.0765. The van der Waals surface area contributed by atoms with E-state index in [1.54, 1.807) is 14.2 Å². The highest BCUT2D eigenvalue weighted by atomic mass is 35.5. The molecule has 0 radical (unpaired) electrons. The molecule has 2 aromatic carbocycles. The molecule has 2 unspecified atom stereocenters. The Labute approximate surface area is 319 Å². The first-order valence-corrected chi connectivity index (χ1v) is 19.3. The van der Waals surface area contributed by atoms with E-state index < -0.39 is 0 Å². The number of ether oxygens (including phenoxy) is 2. The number of nitrogens with zero attached hydrogens (tertiary/aromatic N) is 3. The maximum atomic E-state index is 11.9. The second-order valence-electron chi connectivity index (χ2n) is 15.1. The maximum absolute atomic E-state index is 11.9. The van der Waals surface area contributed by atoms with E-state index in [-0.39, 0.29) is 35.5 Å². The van der Waals surface area contributed by atoms with Crippen LogP contribution in [-0.4, -0.2) is 72.1 Å². The molecule has 1 spiro atoms. The van der Waals surface area contributed by atoms with E-state index in [9.17, 15) is 9.59 Å². The van der Waals surface area contributed by atoms with Gasteiger partial charge in [-0.2, -0.15) is 0 Å². The van der Waals surface area contributed by atoms with Crippen LogP contribution in [0.3, 0.4) is 0 Å². The van der Waals surface area contributed by atoms with Crippen LogP contribution in [-0.2, 0) is 22.4 Å². The highest BCUT2D eigenvalue weighted by Gasteiger charge is 2.51. The van der Waals surface area contributed by atoms with Crippen LogP contribution in [0.2, 0.25) is 10.0 Å². The summed E-state index contributed by atoms with van der Waals surface area (Å²) in [6.45, 7) is 2.43. The van der Waals surface area contributed by atoms with Gasteiger partial charge < -0.3 is 25.4 Å². The van der Waals surface area contributed by atoms with E-state index in [1.165, 1.54) is 11.1 Å². The van der Waals surface area contributed by atoms with Gasteiger partial charge in [0.1, 0.15) is 0 Å². The van der Waals surface area contributed by atoms with Gasteiger partial charge in [0.25, 0.3) is 0 Å². The molecule has 2 aromatic heterocycles. The molecule has 2 aliphatic carbocycles. The molecule has 3 N–H and O–H groups in total. The van der Waals surface area contributed by atoms with Crippen molar-refractivity contribution in [3.63, 3.8) is 0 Å². The second-order valence-corrected chi connectivity index (χ2v) is 15.9. The van der Waals surface area contributed by atoms with Crippen LogP contribution >= 0.6 is 23.2 Å². The Morgan fingerprint density at radius 2 is 1.40 bits per heavy atom. The standard InChI is InChI=1S/C41H42Cl2N6O4/c1-52-39-35-22(9-12-29(35)44-19-24-11-14-33(50)45-24)17-30(46-39)27-7-3-5-25(37(27)42)26-6-4-8-28(38(26)43)31-18-23-10-13-32(36(23)40(47-31)53-2)49-20-41(21-49)16-15-34(51)48-41/h3-8,17-18,24,29,32,44H,9-16,19-21H2,1-2H3,(H,45,50)(H,48,51)/t24-,29?,32?/m0/s1. The summed E-state index contributed by atoms with van der Waals surface area (Å²) in [7, 11) is 3.33. The molecule has 2 amide bonds. The van der Waals surface area contributed by atoms with Crippen LogP contribution in [0, 0.1) is 0 Å². The SMILES string of the molecule is COc1nc(-c2cccc(-c3cccc(-c4cc5c(c(OC)n4)C(N4CC6(CCC(=O)N6)C4)CC5)c3Cl)c2Cl)cc2c1C(NC[C@@H]1CCC(=O)N1)CC2. The molecular formula is C41H42Cl2N6O4. The molecule has 53 heavy (non-hydrogen) atoms. The molecule has 0 saturated carbocycles. The van der Waals surface area contributed by atoms with Gasteiger partial charge in [-0.05, 0) is 61.8 Å². The van der Waals surface area contributed by atoms with Crippen molar-refractivity contribution in [3.8, 4) is 45.4 Å². The highest BCUT2D eigenvalue weighted by molar-refractivity contribution is 6.39. The number of carbonyl (C=O) groups is 2. The average Bonchev–Trinajstić information content (AvgIpc) is 3.95. The number of nitrogens with one attached hydrogen (secondary N) is 3. The Bertz CT molecular complexity index is 2150. The number of carbonyl (C=O) groups excluding carboxylic acids is 2. The van der Waals surface area contributed by atoms with Crippen LogP contribution in [0.5, 0.6) is 11.8 Å². The number of halogens is 2. The Morgan fingerprint density at radius 3 is 1.98 bits per heavy atom. The molecule has 5 aliphatic rings. The first kappa shape index (κ1) is 34.5. The minimum absolute atomic E-state index is 0.0765. The van der Waals surface area contributed by atoms with Gasteiger partial charge >= 0.3 is 0 Å². The first-order chi connectivity index (χ1) is 25.7. The number of methoxy groups -OCH3 is 2. The molecule has 5 heterocycles. The lowest BCUT2D eigenvalue weighted by atomic mass is 9.86. The molecule has 274 valence electrons. The lowest BCUT2D eigenvalue weighted by molar-refractivity contribution is -0.121. The molecule has 9 rings (SSSR count). The topological polar surface area (TPSA) is 118 Å². The summed E-state index contributed by atoms with van der Waals surface area (Å²) >= 11 is 14.5. The fourth-order valence-corrected chi connectivity index (χ4v) is 9.95. The Morgan fingerprint density at radius 1 is 0.792 bits per heavy atom. The third kappa shape index (κ3) is 6.04. The van der Waals surface area contributed by atoms with Gasteiger partial charge in [0.2, 0.25) is 23.6 Å². The zero-order chi connectivity index (χ0) is 36.4. The smallest absolute Gasteiger partial charge is 0.220 e. The largest absolute Gasteiger partial charge is 0.481 e. The molecular weight excluding hydrogens is 711 g/mol. The fraction of sp³-hybridized carbons (Fsp3) is 0.415. The molecule has 10 nitrogen and oxygen atoms in total. The molecule has 4 aromatic rings. The fourth-order valence-electron chi connectivity index (χ4n) is 9.30. The Hall–Kier alpha value is -4.22. The summed E-state index contributed by atoms with van der Waals surface area (Å²) in [6, 6.07) is 16.6. The highest BCUT2D eigenvalue weighted by Crippen LogP contribution is 2.48. The number of likely N-dealkylation sites (tertiary alicyclic amines) is 1. The van der Waals surface area contributed by atoms with Crippen molar-refractivity contribution in [1.82, 2.24) is 30.8 Å². The van der Waals surface area contributed by atoms with Gasteiger partial charge in [0.15, 0.2) is 0 Å². The Balaban J connectivity index is 0.995. The monoisotopic (exact) mass is 752 g/mol. The molecule has 3 fully saturated rings. The van der Waals surface area contributed by atoms with Crippen LogP contribution in [0.15, 0.2) is 48.5 Å². The van der Waals surface area contributed by atoms with Crippen molar-refractivity contribution < 1.29 is 19.1 Å². The number of aryl methyl sites for hydroxylation is 2. The molecule has 3 aliphatic heterocycles. The predicted octanol–water partition coefficient (Wildman–Crippen LogP) is 6.61. The van der Waals surface area contributed by atoms with Gasteiger partial charge in [-0.15, -0.1) is 0 Å². The van der Waals surface area contributed by atoms with Crippen molar-refractivity contribution in [1.29, 1.82) is 0 Å². The predicted molar refractivity (Wildman–Crippen MR) is 204 cm³/mol. The zero-order valence-electron chi connectivity index (χ0n) is 29.9. The van der Waals surface area contributed by atoms with Crippen LogP contribution in [0.1, 0.15) is 72.9 Å². The number of hydrogen-bond acceptors (Lipinski definition) is 8. The number of hydrogen-bond donors (Lipinski definition) is 3. The second kappa shape index (κ2) is 13.6. The summed E-state index contributed by atoms with van der Waals surface area (Å²) in [5.41, 5.74) is 9.23. The summed E-state index contributed by atoms with van der Waals surface area (Å²) in [6.07, 6.45) is 6.66. The Kier molecular flexibility index (Phi) is 8.84. The number of fused-ring (bicyclic) bond motifs is 2. The van der Waals surface area contributed by atoms with Crippen molar-refractivity contribution in [2.24, 2.45) is 0 Å². The minimum Gasteiger partial charge on any atom is -0.481 e. The van der Waals surface area contributed by atoms with E-state index in [4.69, 9.17) is 42.6 Å². The number of amides is 2. The van der Waals surface area contributed by atoms with Crippen molar-refractivity contribution >= 4 is 35.0 Å². The quantitative estimate of drug-likeness (QED) is 0.175. The summed E-state index contributed by atoms with van der Waals surface area (Å²) < 4.78 is 11.8. The normalized spacial score (nSPS) is 22.8. The van der Waals surface area contributed by atoms with E-state index in [1.807, 2.05) is 36.4 Å². The summed E-state index contributed by atoms with van der Waals surface area (Å²) in [4.78, 5) is 36.1. The molecule has 0 bridgehead atoms. The van der Waals surface area contributed by atoms with Crippen LogP contribution in [0.4, 0.5) is 0 Å². The van der Waals surface area contributed by atoms with Gasteiger partial charge in [-0.3, -0.25) is 14.5 Å². The molecule has 3 atom stereocenters. The third-order valence-electron chi connectivity index (χ3n) is 11.9. The summed E-state index contributed by atoms with van der Waals surface area (Å²) in [5, 5.41) is 11.0.